The third-order valence-corrected chi connectivity index (χ3v) is 5.20. The molecule has 0 aliphatic carbocycles. The van der Waals surface area contributed by atoms with E-state index in [1.54, 1.807) is 0 Å². The van der Waals surface area contributed by atoms with Crippen molar-refractivity contribution in [2.24, 2.45) is 7.05 Å². The van der Waals surface area contributed by atoms with E-state index in [4.69, 9.17) is 0 Å². The van der Waals surface area contributed by atoms with E-state index in [1.807, 2.05) is 0 Å². The van der Waals surface area contributed by atoms with Crippen LogP contribution in [0, 0.1) is 0 Å². The SMILES string of the molecule is CCCCCCCCC1CCc2c(n(C)c3ccccc23)N1. The molecule has 0 amide bonds. The summed E-state index contributed by atoms with van der Waals surface area (Å²) in [5, 5.41) is 5.26. The number of anilines is 1. The molecular formula is C20H30N2. The minimum atomic E-state index is 0.668. The Labute approximate surface area is 134 Å². The Morgan fingerprint density at radius 3 is 2.73 bits per heavy atom. The fraction of sp³-hybridized carbons (Fsp3) is 0.600. The molecule has 0 radical (unpaired) electrons. The predicted octanol–water partition coefficient (Wildman–Crippen LogP) is 5.66. The molecule has 22 heavy (non-hydrogen) atoms. The number of nitrogens with zero attached hydrogens (tertiary/aromatic N) is 1. The normalized spacial score (nSPS) is 17.5. The monoisotopic (exact) mass is 298 g/mol. The van der Waals surface area contributed by atoms with Crippen molar-refractivity contribution in [3.05, 3.63) is 29.8 Å². The first-order chi connectivity index (χ1) is 10.8. The molecule has 1 aromatic heterocycles. The van der Waals surface area contributed by atoms with Gasteiger partial charge in [0.1, 0.15) is 5.82 Å². The average Bonchev–Trinajstić information content (AvgIpc) is 2.84. The van der Waals surface area contributed by atoms with Crippen molar-refractivity contribution >= 4 is 16.7 Å². The fourth-order valence-electron chi connectivity index (χ4n) is 3.88. The molecule has 3 rings (SSSR count). The summed E-state index contributed by atoms with van der Waals surface area (Å²) in [4.78, 5) is 0. The van der Waals surface area contributed by atoms with Crippen LogP contribution in [0.25, 0.3) is 10.9 Å². The molecular weight excluding hydrogens is 268 g/mol. The molecule has 0 saturated carbocycles. The molecule has 1 atom stereocenters. The molecule has 1 N–H and O–H groups in total. The van der Waals surface area contributed by atoms with Crippen LogP contribution in [0.5, 0.6) is 0 Å². The number of para-hydroxylation sites is 1. The summed E-state index contributed by atoms with van der Waals surface area (Å²) in [6.07, 6.45) is 12.2. The Bertz CT molecular complexity index is 611. The zero-order valence-electron chi connectivity index (χ0n) is 14.2. The lowest BCUT2D eigenvalue weighted by atomic mass is 9.95. The van der Waals surface area contributed by atoms with E-state index in [0.29, 0.717) is 6.04 Å². The molecule has 1 aromatic carbocycles. The topological polar surface area (TPSA) is 17.0 Å². The highest BCUT2D eigenvalue weighted by atomic mass is 15.1. The van der Waals surface area contributed by atoms with Gasteiger partial charge in [0.25, 0.3) is 0 Å². The van der Waals surface area contributed by atoms with E-state index < -0.39 is 0 Å². The van der Waals surface area contributed by atoms with Gasteiger partial charge in [-0.05, 0) is 25.3 Å². The van der Waals surface area contributed by atoms with Gasteiger partial charge in [0.15, 0.2) is 0 Å². The summed E-state index contributed by atoms with van der Waals surface area (Å²) in [6.45, 7) is 2.29. The minimum Gasteiger partial charge on any atom is -0.368 e. The summed E-state index contributed by atoms with van der Waals surface area (Å²) in [6, 6.07) is 9.47. The second-order valence-electron chi connectivity index (χ2n) is 6.84. The molecule has 0 fully saturated rings. The van der Waals surface area contributed by atoms with E-state index in [1.165, 1.54) is 80.1 Å². The van der Waals surface area contributed by atoms with Gasteiger partial charge in [0, 0.05) is 29.6 Å². The predicted molar refractivity (Wildman–Crippen MR) is 96.6 cm³/mol. The zero-order valence-corrected chi connectivity index (χ0v) is 14.2. The van der Waals surface area contributed by atoms with Gasteiger partial charge >= 0.3 is 0 Å². The van der Waals surface area contributed by atoms with E-state index in [9.17, 15) is 0 Å². The standard InChI is InChI=1S/C20H30N2/c1-3-4-5-6-7-8-11-16-14-15-18-17-12-9-10-13-19(17)22(2)20(18)21-16/h9-10,12-13,16,21H,3-8,11,14-15H2,1-2H3. The average molecular weight is 298 g/mol. The van der Waals surface area contributed by atoms with Crippen molar-refractivity contribution in [1.29, 1.82) is 0 Å². The van der Waals surface area contributed by atoms with Crippen molar-refractivity contribution in [1.82, 2.24) is 4.57 Å². The third kappa shape index (κ3) is 3.16. The Morgan fingerprint density at radius 1 is 1.09 bits per heavy atom. The van der Waals surface area contributed by atoms with Gasteiger partial charge in [-0.25, -0.2) is 0 Å². The van der Waals surface area contributed by atoms with E-state index in [-0.39, 0.29) is 0 Å². The molecule has 120 valence electrons. The van der Waals surface area contributed by atoms with Crippen LogP contribution in [0.2, 0.25) is 0 Å². The van der Waals surface area contributed by atoms with Crippen LogP contribution >= 0.6 is 0 Å². The van der Waals surface area contributed by atoms with Crippen LogP contribution in [0.3, 0.4) is 0 Å². The zero-order chi connectivity index (χ0) is 15.4. The van der Waals surface area contributed by atoms with Gasteiger partial charge < -0.3 is 9.88 Å². The quantitative estimate of drug-likeness (QED) is 0.653. The summed E-state index contributed by atoms with van der Waals surface area (Å²) < 4.78 is 2.35. The maximum atomic E-state index is 3.82. The lowest BCUT2D eigenvalue weighted by Gasteiger charge is -2.26. The summed E-state index contributed by atoms with van der Waals surface area (Å²) in [5.41, 5.74) is 2.89. The molecule has 2 heteroatoms. The van der Waals surface area contributed by atoms with Crippen molar-refractivity contribution in [3.8, 4) is 0 Å². The maximum Gasteiger partial charge on any atom is 0.110 e. The van der Waals surface area contributed by atoms with Crippen molar-refractivity contribution < 1.29 is 0 Å². The Kier molecular flexibility index (Phi) is 5.07. The summed E-state index contributed by atoms with van der Waals surface area (Å²) >= 11 is 0. The maximum absolute atomic E-state index is 3.82. The lowest BCUT2D eigenvalue weighted by Crippen LogP contribution is -2.26. The largest absolute Gasteiger partial charge is 0.368 e. The van der Waals surface area contributed by atoms with Gasteiger partial charge in [-0.15, -0.1) is 0 Å². The summed E-state index contributed by atoms with van der Waals surface area (Å²) in [7, 11) is 2.20. The number of nitrogens with one attached hydrogen (secondary N) is 1. The van der Waals surface area contributed by atoms with Gasteiger partial charge in [-0.2, -0.15) is 0 Å². The molecule has 0 bridgehead atoms. The molecule has 2 heterocycles. The molecule has 0 spiro atoms. The molecule has 1 unspecified atom stereocenters. The van der Waals surface area contributed by atoms with Gasteiger partial charge in [0.2, 0.25) is 0 Å². The van der Waals surface area contributed by atoms with Crippen LogP contribution in [0.4, 0.5) is 5.82 Å². The smallest absolute Gasteiger partial charge is 0.110 e. The number of hydrogen-bond donors (Lipinski definition) is 1. The fourth-order valence-corrected chi connectivity index (χ4v) is 3.88. The highest BCUT2D eigenvalue weighted by Crippen LogP contribution is 2.35. The van der Waals surface area contributed by atoms with Crippen LogP contribution in [0.1, 0.15) is 63.9 Å². The Balaban J connectivity index is 1.57. The van der Waals surface area contributed by atoms with Crippen LogP contribution in [-0.2, 0) is 13.5 Å². The first-order valence-corrected chi connectivity index (χ1v) is 9.14. The number of benzene rings is 1. The van der Waals surface area contributed by atoms with E-state index >= 15 is 0 Å². The van der Waals surface area contributed by atoms with Crippen molar-refractivity contribution in [3.63, 3.8) is 0 Å². The van der Waals surface area contributed by atoms with E-state index in [2.05, 4.69) is 48.1 Å². The number of rotatable bonds is 7. The molecule has 1 aliphatic rings. The first-order valence-electron chi connectivity index (χ1n) is 9.14. The number of fused-ring (bicyclic) bond motifs is 3. The van der Waals surface area contributed by atoms with Crippen molar-refractivity contribution in [2.75, 3.05) is 5.32 Å². The molecule has 2 nitrogen and oxygen atoms in total. The summed E-state index contributed by atoms with van der Waals surface area (Å²) in [5.74, 6) is 1.36. The van der Waals surface area contributed by atoms with Gasteiger partial charge in [0.05, 0.1) is 0 Å². The number of unbranched alkanes of at least 4 members (excludes halogenated alkanes) is 5. The Morgan fingerprint density at radius 2 is 1.86 bits per heavy atom. The van der Waals surface area contributed by atoms with Gasteiger partial charge in [-0.1, -0.05) is 63.6 Å². The molecule has 2 aromatic rings. The van der Waals surface area contributed by atoms with E-state index in [0.717, 1.165) is 0 Å². The molecule has 1 aliphatic heterocycles. The number of hydrogen-bond acceptors (Lipinski definition) is 1. The third-order valence-electron chi connectivity index (χ3n) is 5.20. The highest BCUT2D eigenvalue weighted by Gasteiger charge is 2.22. The lowest BCUT2D eigenvalue weighted by molar-refractivity contribution is 0.522. The second kappa shape index (κ2) is 7.21. The highest BCUT2D eigenvalue weighted by molar-refractivity contribution is 5.90. The number of aryl methyl sites for hydroxylation is 2. The van der Waals surface area contributed by atoms with Gasteiger partial charge in [-0.3, -0.25) is 0 Å². The Hall–Kier alpha value is -1.44. The first kappa shape index (κ1) is 15.5. The minimum absolute atomic E-state index is 0.668. The van der Waals surface area contributed by atoms with Crippen LogP contribution in [0.15, 0.2) is 24.3 Å². The van der Waals surface area contributed by atoms with Crippen molar-refractivity contribution in [2.45, 2.75) is 70.8 Å². The molecule has 0 saturated heterocycles. The van der Waals surface area contributed by atoms with Crippen LogP contribution in [-0.4, -0.2) is 10.6 Å². The second-order valence-corrected chi connectivity index (χ2v) is 6.84. The van der Waals surface area contributed by atoms with Crippen LogP contribution < -0.4 is 5.32 Å². The number of aromatic nitrogens is 1.